The molecule has 1 amide bonds. The Bertz CT molecular complexity index is 955. The number of carbonyl (C=O) groups excluding carboxylic acids is 1. The van der Waals surface area contributed by atoms with Crippen molar-refractivity contribution in [1.82, 2.24) is 10.5 Å². The van der Waals surface area contributed by atoms with E-state index in [4.69, 9.17) is 4.52 Å². The summed E-state index contributed by atoms with van der Waals surface area (Å²) in [7, 11) is 0. The Morgan fingerprint density at radius 3 is 2.39 bits per heavy atom. The summed E-state index contributed by atoms with van der Waals surface area (Å²) in [6.45, 7) is 1.68. The van der Waals surface area contributed by atoms with Crippen molar-refractivity contribution < 1.29 is 19.5 Å². The number of amides is 1. The maximum atomic E-state index is 13.1. The van der Waals surface area contributed by atoms with Gasteiger partial charge in [-0.3, -0.25) is 4.79 Å². The molecule has 1 heterocycles. The van der Waals surface area contributed by atoms with Gasteiger partial charge in [-0.1, -0.05) is 65.8 Å². The van der Waals surface area contributed by atoms with Crippen LogP contribution in [0.25, 0.3) is 11.3 Å². The number of nitrogens with zero attached hydrogens (tertiary/aromatic N) is 1. The summed E-state index contributed by atoms with van der Waals surface area (Å²) >= 11 is 0. The first kappa shape index (κ1) is 18.4. The van der Waals surface area contributed by atoms with Gasteiger partial charge in [-0.15, -0.1) is 0 Å². The molecule has 0 spiro atoms. The van der Waals surface area contributed by atoms with E-state index in [9.17, 15) is 15.0 Å². The van der Waals surface area contributed by atoms with Crippen molar-refractivity contribution in [3.05, 3.63) is 77.6 Å². The van der Waals surface area contributed by atoms with Crippen LogP contribution in [0.5, 0.6) is 0 Å². The van der Waals surface area contributed by atoms with E-state index < -0.39 is 18.2 Å². The highest BCUT2D eigenvalue weighted by molar-refractivity contribution is 6.01. The Morgan fingerprint density at radius 1 is 1.07 bits per heavy atom. The van der Waals surface area contributed by atoms with Crippen LogP contribution in [0.3, 0.4) is 0 Å². The van der Waals surface area contributed by atoms with Gasteiger partial charge in [-0.2, -0.15) is 0 Å². The van der Waals surface area contributed by atoms with E-state index in [2.05, 4.69) is 10.5 Å². The van der Waals surface area contributed by atoms with Gasteiger partial charge in [0.1, 0.15) is 23.1 Å². The second-order valence-corrected chi connectivity index (χ2v) is 7.14. The largest absolute Gasteiger partial charge is 0.390 e. The average Bonchev–Trinajstić information content (AvgIpc) is 3.24. The lowest BCUT2D eigenvalue weighted by atomic mass is 9.93. The normalized spacial score (nSPS) is 24.2. The number of nitrogens with one attached hydrogen (secondary N) is 1. The SMILES string of the molecule is Cc1onc(-c2ccccc2)c1C(=O)N[C@H]1[C@H](O)[C@H](O)C[C@@H]1c1ccccc1. The van der Waals surface area contributed by atoms with Gasteiger partial charge >= 0.3 is 0 Å². The molecule has 1 saturated carbocycles. The van der Waals surface area contributed by atoms with Crippen molar-refractivity contribution >= 4 is 5.91 Å². The van der Waals surface area contributed by atoms with E-state index in [1.807, 2.05) is 60.7 Å². The number of aliphatic hydroxyl groups excluding tert-OH is 2. The highest BCUT2D eigenvalue weighted by Gasteiger charge is 2.43. The van der Waals surface area contributed by atoms with Crippen molar-refractivity contribution in [1.29, 1.82) is 0 Å². The minimum atomic E-state index is -1.05. The van der Waals surface area contributed by atoms with Crippen LogP contribution < -0.4 is 5.32 Å². The van der Waals surface area contributed by atoms with Gasteiger partial charge in [0.25, 0.3) is 5.91 Å². The number of benzene rings is 2. The Balaban J connectivity index is 1.64. The van der Waals surface area contributed by atoms with Gasteiger partial charge in [-0.25, -0.2) is 0 Å². The Morgan fingerprint density at radius 2 is 1.71 bits per heavy atom. The van der Waals surface area contributed by atoms with Gasteiger partial charge in [0.15, 0.2) is 0 Å². The van der Waals surface area contributed by atoms with E-state index in [1.165, 1.54) is 0 Å². The molecule has 0 bridgehead atoms. The zero-order valence-corrected chi connectivity index (χ0v) is 15.4. The third-order valence-corrected chi connectivity index (χ3v) is 5.35. The molecule has 144 valence electrons. The highest BCUT2D eigenvalue weighted by atomic mass is 16.5. The lowest BCUT2D eigenvalue weighted by Crippen LogP contribution is -2.45. The highest BCUT2D eigenvalue weighted by Crippen LogP contribution is 2.36. The lowest BCUT2D eigenvalue weighted by molar-refractivity contribution is 0.0294. The van der Waals surface area contributed by atoms with Crippen LogP contribution in [0.15, 0.2) is 65.2 Å². The minimum absolute atomic E-state index is 0.185. The lowest BCUT2D eigenvalue weighted by Gasteiger charge is -2.24. The zero-order chi connectivity index (χ0) is 19.7. The third-order valence-electron chi connectivity index (χ3n) is 5.35. The van der Waals surface area contributed by atoms with E-state index in [1.54, 1.807) is 6.92 Å². The molecule has 1 aliphatic rings. The standard InChI is InChI=1S/C22H22N2O4/c1-13-18(19(24-28-13)15-10-6-3-7-11-15)22(27)23-20-16(12-17(25)21(20)26)14-8-4-2-5-9-14/h2-11,16-17,20-21,25-26H,12H2,1H3,(H,23,27)/t16-,17-,20-,21-/m1/s1. The number of aryl methyl sites for hydroxylation is 1. The van der Waals surface area contributed by atoms with E-state index >= 15 is 0 Å². The smallest absolute Gasteiger partial charge is 0.257 e. The molecule has 0 unspecified atom stereocenters. The fourth-order valence-corrected chi connectivity index (χ4v) is 3.91. The van der Waals surface area contributed by atoms with Crippen molar-refractivity contribution in [2.45, 2.75) is 37.5 Å². The first-order chi connectivity index (χ1) is 13.6. The maximum absolute atomic E-state index is 13.1. The fraction of sp³-hybridized carbons (Fsp3) is 0.273. The first-order valence-electron chi connectivity index (χ1n) is 9.30. The monoisotopic (exact) mass is 378 g/mol. The van der Waals surface area contributed by atoms with Crippen LogP contribution in [0.1, 0.15) is 34.0 Å². The molecule has 0 radical (unpaired) electrons. The zero-order valence-electron chi connectivity index (χ0n) is 15.4. The van der Waals surface area contributed by atoms with Crippen molar-refractivity contribution in [2.24, 2.45) is 0 Å². The molecule has 3 aromatic rings. The summed E-state index contributed by atoms with van der Waals surface area (Å²) in [4.78, 5) is 13.1. The summed E-state index contributed by atoms with van der Waals surface area (Å²) in [5.41, 5.74) is 2.54. The first-order valence-corrected chi connectivity index (χ1v) is 9.30. The summed E-state index contributed by atoms with van der Waals surface area (Å²) in [5, 5.41) is 27.6. The molecular formula is C22H22N2O4. The molecule has 1 aromatic heterocycles. The van der Waals surface area contributed by atoms with Gasteiger partial charge in [0.05, 0.1) is 12.1 Å². The summed E-state index contributed by atoms with van der Waals surface area (Å²) in [6, 6.07) is 18.3. The summed E-state index contributed by atoms with van der Waals surface area (Å²) in [5.74, 6) is -0.159. The maximum Gasteiger partial charge on any atom is 0.257 e. The number of hydrogen-bond donors (Lipinski definition) is 3. The van der Waals surface area contributed by atoms with E-state index in [0.29, 0.717) is 23.4 Å². The molecule has 3 N–H and O–H groups in total. The van der Waals surface area contributed by atoms with Crippen LogP contribution in [-0.2, 0) is 0 Å². The fourth-order valence-electron chi connectivity index (χ4n) is 3.91. The van der Waals surface area contributed by atoms with Crippen LogP contribution in [0.4, 0.5) is 0 Å². The van der Waals surface area contributed by atoms with Crippen molar-refractivity contribution in [3.63, 3.8) is 0 Å². The molecule has 4 atom stereocenters. The Hall–Kier alpha value is -2.96. The third kappa shape index (κ3) is 3.32. The number of hydrogen-bond acceptors (Lipinski definition) is 5. The van der Waals surface area contributed by atoms with Crippen molar-refractivity contribution in [2.75, 3.05) is 0 Å². The number of aliphatic hydroxyl groups is 2. The molecule has 0 aliphatic heterocycles. The topological polar surface area (TPSA) is 95.6 Å². The molecule has 1 aliphatic carbocycles. The number of rotatable bonds is 4. The molecule has 0 saturated heterocycles. The molecular weight excluding hydrogens is 356 g/mol. The van der Waals surface area contributed by atoms with Gasteiger partial charge in [-0.05, 0) is 18.9 Å². The van der Waals surface area contributed by atoms with Crippen molar-refractivity contribution in [3.8, 4) is 11.3 Å². The van der Waals surface area contributed by atoms with E-state index in [-0.39, 0.29) is 11.8 Å². The van der Waals surface area contributed by atoms with Crippen LogP contribution in [0, 0.1) is 6.92 Å². The molecule has 1 fully saturated rings. The molecule has 6 heteroatoms. The quantitative estimate of drug-likeness (QED) is 0.649. The van der Waals surface area contributed by atoms with Crippen LogP contribution >= 0.6 is 0 Å². The second kappa shape index (κ2) is 7.58. The molecule has 2 aromatic carbocycles. The summed E-state index contributed by atoms with van der Waals surface area (Å²) in [6.07, 6.45) is -1.56. The molecule has 28 heavy (non-hydrogen) atoms. The second-order valence-electron chi connectivity index (χ2n) is 7.14. The summed E-state index contributed by atoms with van der Waals surface area (Å²) < 4.78 is 5.27. The molecule has 4 rings (SSSR count). The Kier molecular flexibility index (Phi) is 4.98. The predicted octanol–water partition coefficient (Wildman–Crippen LogP) is 2.66. The predicted molar refractivity (Wildman–Crippen MR) is 104 cm³/mol. The average molecular weight is 378 g/mol. The Labute approximate surface area is 162 Å². The number of carbonyl (C=O) groups is 1. The minimum Gasteiger partial charge on any atom is -0.390 e. The molecule has 6 nitrogen and oxygen atoms in total. The van der Waals surface area contributed by atoms with Gasteiger partial charge < -0.3 is 20.1 Å². The van der Waals surface area contributed by atoms with E-state index in [0.717, 1.165) is 11.1 Å². The number of aromatic nitrogens is 1. The van der Waals surface area contributed by atoms with Gasteiger partial charge in [0, 0.05) is 11.5 Å². The van der Waals surface area contributed by atoms with Crippen LogP contribution in [0.2, 0.25) is 0 Å². The van der Waals surface area contributed by atoms with Crippen LogP contribution in [-0.4, -0.2) is 39.5 Å². The van der Waals surface area contributed by atoms with Gasteiger partial charge in [0.2, 0.25) is 0 Å².